The van der Waals surface area contributed by atoms with Crippen LogP contribution >= 0.6 is 23.5 Å². The van der Waals surface area contributed by atoms with Crippen LogP contribution < -0.4 is 9.64 Å². The third-order valence-corrected chi connectivity index (χ3v) is 5.26. The normalized spacial score (nSPS) is 16.1. The van der Waals surface area contributed by atoms with E-state index in [0.717, 1.165) is 34.5 Å². The van der Waals surface area contributed by atoms with Crippen molar-refractivity contribution in [1.82, 2.24) is 0 Å². The van der Waals surface area contributed by atoms with Gasteiger partial charge in [-0.25, -0.2) is 4.99 Å². The van der Waals surface area contributed by atoms with Gasteiger partial charge in [0.05, 0.1) is 7.11 Å². The summed E-state index contributed by atoms with van der Waals surface area (Å²) in [6, 6.07) is 6.03. The minimum Gasteiger partial charge on any atom is -0.496 e. The molecule has 1 heterocycles. The van der Waals surface area contributed by atoms with Gasteiger partial charge < -0.3 is 9.64 Å². The fourth-order valence-electron chi connectivity index (χ4n) is 2.23. The molecular formula is C16H20N2O2S2. The topological polar surface area (TPSA) is 41.9 Å². The highest BCUT2D eigenvalue weighted by atomic mass is 32.2. The zero-order valence-corrected chi connectivity index (χ0v) is 14.9. The standard InChI is InChI=1S/C16H20N2O2S2/c1-5-18(6-2)12-8-7-11(14(10-12)20-3)9-13-15(19)22-16(17-13)21-4/h7-10H,5-6H2,1-4H3. The smallest absolute Gasteiger partial charge is 0.244 e. The lowest BCUT2D eigenvalue weighted by Gasteiger charge is -2.22. The van der Waals surface area contributed by atoms with Crippen LogP contribution in [0.25, 0.3) is 6.08 Å². The molecule has 6 heteroatoms. The molecule has 0 bridgehead atoms. The molecule has 0 spiro atoms. The summed E-state index contributed by atoms with van der Waals surface area (Å²) < 4.78 is 6.27. The molecule has 1 aromatic rings. The lowest BCUT2D eigenvalue weighted by Crippen LogP contribution is -2.21. The summed E-state index contributed by atoms with van der Waals surface area (Å²) >= 11 is 2.66. The van der Waals surface area contributed by atoms with Gasteiger partial charge in [0.2, 0.25) is 5.12 Å². The molecule has 1 aromatic carbocycles. The van der Waals surface area contributed by atoms with E-state index in [1.54, 1.807) is 13.2 Å². The Labute approximate surface area is 140 Å². The van der Waals surface area contributed by atoms with Crippen LogP contribution in [0.2, 0.25) is 0 Å². The van der Waals surface area contributed by atoms with E-state index in [9.17, 15) is 4.79 Å². The van der Waals surface area contributed by atoms with Gasteiger partial charge in [-0.1, -0.05) is 0 Å². The third kappa shape index (κ3) is 3.67. The molecule has 1 aliphatic rings. The van der Waals surface area contributed by atoms with E-state index in [1.807, 2.05) is 24.5 Å². The van der Waals surface area contributed by atoms with Crippen LogP contribution in [0.5, 0.6) is 5.75 Å². The molecule has 2 rings (SSSR count). The molecular weight excluding hydrogens is 316 g/mol. The van der Waals surface area contributed by atoms with Crippen molar-refractivity contribution in [3.05, 3.63) is 29.5 Å². The molecule has 0 amide bonds. The van der Waals surface area contributed by atoms with Gasteiger partial charge in [0.15, 0.2) is 0 Å². The Morgan fingerprint density at radius 3 is 2.64 bits per heavy atom. The average molecular weight is 336 g/mol. The van der Waals surface area contributed by atoms with E-state index < -0.39 is 0 Å². The van der Waals surface area contributed by atoms with Gasteiger partial charge in [-0.15, -0.1) is 11.8 Å². The molecule has 118 valence electrons. The first-order valence-corrected chi connectivity index (χ1v) is 9.16. The summed E-state index contributed by atoms with van der Waals surface area (Å²) in [5, 5.41) is -0.0146. The van der Waals surface area contributed by atoms with E-state index in [0.29, 0.717) is 5.70 Å². The Kier molecular flexibility index (Phi) is 5.97. The predicted octanol–water partition coefficient (Wildman–Crippen LogP) is 3.87. The molecule has 0 aliphatic carbocycles. The van der Waals surface area contributed by atoms with Gasteiger partial charge in [0.1, 0.15) is 15.8 Å². The molecule has 0 saturated heterocycles. The first-order valence-electron chi connectivity index (χ1n) is 7.12. The summed E-state index contributed by atoms with van der Waals surface area (Å²) in [7, 11) is 1.64. The van der Waals surface area contributed by atoms with Crippen LogP contribution in [0.3, 0.4) is 0 Å². The maximum Gasteiger partial charge on any atom is 0.244 e. The van der Waals surface area contributed by atoms with Crippen molar-refractivity contribution in [3.8, 4) is 5.75 Å². The second-order valence-electron chi connectivity index (χ2n) is 4.60. The molecule has 0 aromatic heterocycles. The number of carbonyl (C=O) groups excluding carboxylic acids is 1. The molecule has 0 unspecified atom stereocenters. The quantitative estimate of drug-likeness (QED) is 0.764. The third-order valence-electron chi connectivity index (χ3n) is 3.41. The molecule has 22 heavy (non-hydrogen) atoms. The Hall–Kier alpha value is -1.40. The zero-order valence-electron chi connectivity index (χ0n) is 13.3. The first kappa shape index (κ1) is 17.0. The van der Waals surface area contributed by atoms with E-state index in [1.165, 1.54) is 23.5 Å². The Morgan fingerprint density at radius 1 is 1.36 bits per heavy atom. The highest BCUT2D eigenvalue weighted by Crippen LogP contribution is 2.33. The molecule has 0 atom stereocenters. The second kappa shape index (κ2) is 7.74. The van der Waals surface area contributed by atoms with Crippen molar-refractivity contribution in [2.24, 2.45) is 4.99 Å². The molecule has 4 nitrogen and oxygen atoms in total. The molecule has 0 radical (unpaired) electrons. The van der Waals surface area contributed by atoms with Crippen molar-refractivity contribution < 1.29 is 9.53 Å². The molecule has 0 fully saturated rings. The Balaban J connectivity index is 2.36. The van der Waals surface area contributed by atoms with Crippen molar-refractivity contribution in [3.63, 3.8) is 0 Å². The van der Waals surface area contributed by atoms with Crippen molar-refractivity contribution in [2.45, 2.75) is 13.8 Å². The number of ether oxygens (including phenoxy) is 1. The van der Waals surface area contributed by atoms with Gasteiger partial charge in [0, 0.05) is 30.4 Å². The highest BCUT2D eigenvalue weighted by molar-refractivity contribution is 8.45. The summed E-state index contributed by atoms with van der Waals surface area (Å²) in [5.41, 5.74) is 2.46. The number of carbonyl (C=O) groups is 1. The van der Waals surface area contributed by atoms with Crippen LogP contribution in [0.4, 0.5) is 5.69 Å². The minimum atomic E-state index is -0.0146. The number of anilines is 1. The van der Waals surface area contributed by atoms with Gasteiger partial charge in [-0.3, -0.25) is 4.79 Å². The number of thioether (sulfide) groups is 2. The lowest BCUT2D eigenvalue weighted by molar-refractivity contribution is -0.107. The Morgan fingerprint density at radius 2 is 2.09 bits per heavy atom. The number of hydrogen-bond acceptors (Lipinski definition) is 6. The van der Waals surface area contributed by atoms with Gasteiger partial charge in [-0.05, 0) is 50.1 Å². The fraction of sp³-hybridized carbons (Fsp3) is 0.375. The summed E-state index contributed by atoms with van der Waals surface area (Å²) in [6.07, 6.45) is 3.71. The van der Waals surface area contributed by atoms with Crippen molar-refractivity contribution in [2.75, 3.05) is 31.4 Å². The molecule has 1 aliphatic heterocycles. The summed E-state index contributed by atoms with van der Waals surface area (Å²) in [4.78, 5) is 18.5. The lowest BCUT2D eigenvalue weighted by atomic mass is 10.1. The number of benzene rings is 1. The van der Waals surface area contributed by atoms with Crippen molar-refractivity contribution in [1.29, 1.82) is 0 Å². The highest BCUT2D eigenvalue weighted by Gasteiger charge is 2.22. The predicted molar refractivity (Wildman–Crippen MR) is 98.1 cm³/mol. The number of hydrogen-bond donors (Lipinski definition) is 0. The summed E-state index contributed by atoms with van der Waals surface area (Å²) in [6.45, 7) is 6.13. The zero-order chi connectivity index (χ0) is 16.1. The van der Waals surface area contributed by atoms with Crippen LogP contribution in [0, 0.1) is 0 Å². The van der Waals surface area contributed by atoms with Crippen LogP contribution in [-0.2, 0) is 4.79 Å². The second-order valence-corrected chi connectivity index (χ2v) is 6.61. The van der Waals surface area contributed by atoms with Crippen LogP contribution in [-0.4, -0.2) is 35.9 Å². The van der Waals surface area contributed by atoms with E-state index >= 15 is 0 Å². The van der Waals surface area contributed by atoms with Crippen molar-refractivity contribution >= 4 is 44.8 Å². The monoisotopic (exact) mass is 336 g/mol. The Bertz CT molecular complexity index is 623. The van der Waals surface area contributed by atoms with E-state index in [4.69, 9.17) is 4.74 Å². The SMILES string of the molecule is CCN(CC)c1ccc(C=C2N=C(SC)SC2=O)c(OC)c1. The molecule has 0 N–H and O–H groups in total. The van der Waals surface area contributed by atoms with Crippen LogP contribution in [0.1, 0.15) is 19.4 Å². The van der Waals surface area contributed by atoms with Crippen LogP contribution in [0.15, 0.2) is 28.9 Å². The maximum atomic E-state index is 11.9. The largest absolute Gasteiger partial charge is 0.496 e. The summed E-state index contributed by atoms with van der Waals surface area (Å²) in [5.74, 6) is 0.752. The van der Waals surface area contributed by atoms with E-state index in [-0.39, 0.29) is 5.12 Å². The average Bonchev–Trinajstić information content (AvgIpc) is 2.90. The van der Waals surface area contributed by atoms with Gasteiger partial charge >= 0.3 is 0 Å². The number of nitrogens with zero attached hydrogens (tertiary/aromatic N) is 2. The number of rotatable bonds is 5. The minimum absolute atomic E-state index is 0.0146. The first-order chi connectivity index (χ1) is 10.6. The maximum absolute atomic E-state index is 11.9. The molecule has 0 saturated carbocycles. The van der Waals surface area contributed by atoms with Gasteiger partial charge in [-0.2, -0.15) is 0 Å². The number of aliphatic imine (C=N–C) groups is 1. The number of methoxy groups -OCH3 is 1. The van der Waals surface area contributed by atoms with Gasteiger partial charge in [0.25, 0.3) is 0 Å². The van der Waals surface area contributed by atoms with E-state index in [2.05, 4.69) is 23.7 Å². The fourth-order valence-corrected chi connectivity index (χ4v) is 3.49.